The van der Waals surface area contributed by atoms with Gasteiger partial charge in [0.25, 0.3) is 0 Å². The number of rotatable bonds is 2. The molecule has 1 aliphatic heterocycles. The predicted octanol–water partition coefficient (Wildman–Crippen LogP) is 1.96. The largest absolute Gasteiger partial charge is 0.275 e. The highest BCUT2D eigenvalue weighted by Crippen LogP contribution is 2.41. The van der Waals surface area contributed by atoms with Crippen LogP contribution in [0.25, 0.3) is 0 Å². The van der Waals surface area contributed by atoms with Crippen molar-refractivity contribution in [3.63, 3.8) is 0 Å². The highest BCUT2D eigenvalue weighted by molar-refractivity contribution is 6.05. The Morgan fingerprint density at radius 3 is 2.20 bits per heavy atom. The van der Waals surface area contributed by atoms with E-state index in [-0.39, 0.29) is 29.7 Å². The summed E-state index contributed by atoms with van der Waals surface area (Å²) in [6, 6.07) is -0.214. The molecular formula is C15H21N3O2. The van der Waals surface area contributed by atoms with Gasteiger partial charge in [0.1, 0.15) is 0 Å². The van der Waals surface area contributed by atoms with Crippen molar-refractivity contribution in [1.29, 1.82) is 0 Å². The third kappa shape index (κ3) is 1.79. The molecule has 108 valence electrons. The van der Waals surface area contributed by atoms with Crippen LogP contribution < -0.4 is 0 Å². The molecule has 1 aliphatic carbocycles. The molecule has 3 rings (SSSR count). The summed E-state index contributed by atoms with van der Waals surface area (Å²) in [7, 11) is 1.87. The van der Waals surface area contributed by atoms with E-state index in [9.17, 15) is 9.59 Å². The van der Waals surface area contributed by atoms with E-state index in [0.29, 0.717) is 0 Å². The molecule has 2 aliphatic rings. The number of nitrogens with zero attached hydrogens (tertiary/aromatic N) is 3. The Balaban J connectivity index is 1.91. The lowest BCUT2D eigenvalue weighted by Crippen LogP contribution is -2.34. The maximum absolute atomic E-state index is 12.6. The normalized spacial score (nSPS) is 27.9. The molecule has 0 bridgehead atoms. The molecule has 0 aromatic carbocycles. The van der Waals surface area contributed by atoms with Crippen LogP contribution >= 0.6 is 0 Å². The van der Waals surface area contributed by atoms with Crippen molar-refractivity contribution < 1.29 is 9.59 Å². The topological polar surface area (TPSA) is 55.2 Å². The van der Waals surface area contributed by atoms with Gasteiger partial charge in [-0.2, -0.15) is 5.10 Å². The number of amides is 2. The van der Waals surface area contributed by atoms with E-state index >= 15 is 0 Å². The standard InChI is InChI=1S/C15H21N3O2/c1-9-13(8-16-17(9)3)10(2)18-14(19)11-6-4-5-7-12(11)15(18)20/h8,10-12H,4-7H2,1-3H3/t10-,11-,12+/m1/s1. The van der Waals surface area contributed by atoms with Crippen LogP contribution in [-0.4, -0.2) is 26.5 Å². The van der Waals surface area contributed by atoms with Gasteiger partial charge in [-0.25, -0.2) is 0 Å². The summed E-state index contributed by atoms with van der Waals surface area (Å²) in [5.74, 6) is -0.0998. The molecule has 2 fully saturated rings. The molecule has 1 aromatic rings. The molecule has 0 N–H and O–H groups in total. The molecule has 1 aromatic heterocycles. The molecule has 3 atom stereocenters. The maximum atomic E-state index is 12.6. The Labute approximate surface area is 118 Å². The van der Waals surface area contributed by atoms with Crippen molar-refractivity contribution in [2.75, 3.05) is 0 Å². The highest BCUT2D eigenvalue weighted by atomic mass is 16.2. The summed E-state index contributed by atoms with van der Waals surface area (Å²) in [5.41, 5.74) is 1.97. The van der Waals surface area contributed by atoms with Gasteiger partial charge in [0.05, 0.1) is 24.1 Å². The summed E-state index contributed by atoms with van der Waals surface area (Å²) >= 11 is 0. The quantitative estimate of drug-likeness (QED) is 0.775. The van der Waals surface area contributed by atoms with Crippen LogP contribution in [0.1, 0.15) is 49.9 Å². The summed E-state index contributed by atoms with van der Waals surface area (Å²) in [4.78, 5) is 26.6. The number of aryl methyl sites for hydroxylation is 1. The molecule has 5 heteroatoms. The predicted molar refractivity (Wildman–Crippen MR) is 73.7 cm³/mol. The smallest absolute Gasteiger partial charge is 0.233 e. The van der Waals surface area contributed by atoms with Crippen molar-refractivity contribution in [2.24, 2.45) is 18.9 Å². The maximum Gasteiger partial charge on any atom is 0.233 e. The fourth-order valence-corrected chi connectivity index (χ4v) is 3.63. The van der Waals surface area contributed by atoms with Crippen LogP contribution in [0.15, 0.2) is 6.20 Å². The summed E-state index contributed by atoms with van der Waals surface area (Å²) < 4.78 is 1.78. The van der Waals surface area contributed by atoms with E-state index < -0.39 is 0 Å². The zero-order valence-electron chi connectivity index (χ0n) is 12.3. The molecule has 2 amide bonds. The first-order chi connectivity index (χ1) is 9.52. The number of carbonyl (C=O) groups is 2. The number of hydrogen-bond acceptors (Lipinski definition) is 3. The second-order valence-electron chi connectivity index (χ2n) is 6.03. The van der Waals surface area contributed by atoms with Crippen molar-refractivity contribution in [3.05, 3.63) is 17.5 Å². The van der Waals surface area contributed by atoms with Crippen molar-refractivity contribution >= 4 is 11.8 Å². The lowest BCUT2D eigenvalue weighted by molar-refractivity contribution is -0.142. The zero-order chi connectivity index (χ0) is 14.4. The fraction of sp³-hybridized carbons (Fsp3) is 0.667. The minimum absolute atomic E-state index is 0.0236. The molecule has 0 unspecified atom stereocenters. The van der Waals surface area contributed by atoms with Crippen LogP contribution in [-0.2, 0) is 16.6 Å². The molecule has 20 heavy (non-hydrogen) atoms. The summed E-state index contributed by atoms with van der Waals surface area (Å²) in [6.07, 6.45) is 5.63. The minimum atomic E-state index is -0.214. The summed E-state index contributed by atoms with van der Waals surface area (Å²) in [6.45, 7) is 3.90. The number of imide groups is 1. The average Bonchev–Trinajstić information content (AvgIpc) is 2.90. The van der Waals surface area contributed by atoms with E-state index in [1.807, 2.05) is 20.9 Å². The molecule has 0 spiro atoms. The van der Waals surface area contributed by atoms with Gasteiger partial charge in [-0.05, 0) is 26.7 Å². The van der Waals surface area contributed by atoms with Crippen molar-refractivity contribution in [2.45, 2.75) is 45.6 Å². The Kier molecular flexibility index (Phi) is 3.15. The van der Waals surface area contributed by atoms with Crippen LogP contribution in [0.3, 0.4) is 0 Å². The first-order valence-electron chi connectivity index (χ1n) is 7.37. The molecular weight excluding hydrogens is 254 g/mol. The van der Waals surface area contributed by atoms with Crippen LogP contribution in [0, 0.1) is 18.8 Å². The number of aromatic nitrogens is 2. The third-order valence-electron chi connectivity index (χ3n) is 4.99. The molecule has 1 saturated carbocycles. The number of carbonyl (C=O) groups excluding carboxylic acids is 2. The van der Waals surface area contributed by atoms with Crippen LogP contribution in [0.5, 0.6) is 0 Å². The first kappa shape index (κ1) is 13.3. The van der Waals surface area contributed by atoms with Crippen molar-refractivity contribution in [3.8, 4) is 0 Å². The van der Waals surface area contributed by atoms with Gasteiger partial charge in [-0.15, -0.1) is 0 Å². The monoisotopic (exact) mass is 275 g/mol. The zero-order valence-corrected chi connectivity index (χ0v) is 12.3. The second kappa shape index (κ2) is 4.72. The molecule has 0 radical (unpaired) electrons. The third-order valence-corrected chi connectivity index (χ3v) is 4.99. The van der Waals surface area contributed by atoms with Gasteiger partial charge in [0.15, 0.2) is 0 Å². The second-order valence-corrected chi connectivity index (χ2v) is 6.03. The van der Waals surface area contributed by atoms with E-state index in [1.54, 1.807) is 10.9 Å². The summed E-state index contributed by atoms with van der Waals surface area (Å²) in [5, 5.41) is 4.22. The Morgan fingerprint density at radius 2 is 1.75 bits per heavy atom. The minimum Gasteiger partial charge on any atom is -0.275 e. The SMILES string of the molecule is Cc1c([C@@H](C)N2C(=O)[C@H]3CCCC[C@H]3C2=O)cnn1C. The Morgan fingerprint density at radius 1 is 1.20 bits per heavy atom. The van der Waals surface area contributed by atoms with Gasteiger partial charge < -0.3 is 0 Å². The van der Waals surface area contributed by atoms with Gasteiger partial charge in [0.2, 0.25) is 11.8 Å². The van der Waals surface area contributed by atoms with E-state index in [1.165, 1.54) is 4.90 Å². The Bertz CT molecular complexity index is 539. The van der Waals surface area contributed by atoms with E-state index in [0.717, 1.165) is 36.9 Å². The van der Waals surface area contributed by atoms with E-state index in [4.69, 9.17) is 0 Å². The molecule has 5 nitrogen and oxygen atoms in total. The fourth-order valence-electron chi connectivity index (χ4n) is 3.63. The molecule has 1 saturated heterocycles. The van der Waals surface area contributed by atoms with Crippen molar-refractivity contribution in [1.82, 2.24) is 14.7 Å². The molecule has 2 heterocycles. The average molecular weight is 275 g/mol. The van der Waals surface area contributed by atoms with Gasteiger partial charge >= 0.3 is 0 Å². The number of likely N-dealkylation sites (tertiary alicyclic amines) is 1. The Hall–Kier alpha value is -1.65. The first-order valence-corrected chi connectivity index (χ1v) is 7.37. The van der Waals surface area contributed by atoms with Gasteiger partial charge in [0, 0.05) is 18.3 Å². The van der Waals surface area contributed by atoms with Gasteiger partial charge in [-0.1, -0.05) is 12.8 Å². The number of hydrogen-bond donors (Lipinski definition) is 0. The highest BCUT2D eigenvalue weighted by Gasteiger charge is 2.50. The van der Waals surface area contributed by atoms with Crippen LogP contribution in [0.2, 0.25) is 0 Å². The van der Waals surface area contributed by atoms with Gasteiger partial charge in [-0.3, -0.25) is 19.2 Å². The van der Waals surface area contributed by atoms with E-state index in [2.05, 4.69) is 5.10 Å². The van der Waals surface area contributed by atoms with Crippen LogP contribution in [0.4, 0.5) is 0 Å². The number of fused-ring (bicyclic) bond motifs is 1. The lowest BCUT2D eigenvalue weighted by Gasteiger charge is -2.23. The lowest BCUT2D eigenvalue weighted by atomic mass is 9.81.